The van der Waals surface area contributed by atoms with E-state index in [4.69, 9.17) is 0 Å². The summed E-state index contributed by atoms with van der Waals surface area (Å²) in [5.74, 6) is -0.538. The number of carbonyl (C=O) groups excluding carboxylic acids is 1. The topological polar surface area (TPSA) is 113 Å². The first-order valence-corrected chi connectivity index (χ1v) is 8.12. The fourth-order valence-electron chi connectivity index (χ4n) is 2.83. The molecule has 8 heteroatoms. The number of carbonyl (C=O) groups is 1. The Balaban J connectivity index is 1.86. The zero-order chi connectivity index (χ0) is 18.8. The van der Waals surface area contributed by atoms with Crippen molar-refractivity contribution in [2.45, 2.75) is 26.8 Å². The zero-order valence-corrected chi connectivity index (χ0v) is 14.7. The number of benzene rings is 1. The van der Waals surface area contributed by atoms with Gasteiger partial charge < -0.3 is 10.3 Å². The molecular weight excluding hydrogens is 334 g/mol. The van der Waals surface area contributed by atoms with E-state index < -0.39 is 17.2 Å². The molecule has 0 spiro atoms. The van der Waals surface area contributed by atoms with Crippen LogP contribution in [0, 0.1) is 13.8 Å². The summed E-state index contributed by atoms with van der Waals surface area (Å²) in [6.45, 7) is 5.74. The Labute approximate surface area is 148 Å². The van der Waals surface area contributed by atoms with E-state index in [1.54, 1.807) is 6.20 Å². The minimum Gasteiger partial charge on any atom is -0.344 e. The van der Waals surface area contributed by atoms with Crippen LogP contribution in [0.1, 0.15) is 40.3 Å². The standard InChI is InChI=1S/C18H19N5O3/c1-10-6-4-5-7-15(10)23-12(3)13(9-19-23)11(2)20-17(25)14-8-16(24)22-18(26)21-14/h4-9,11H,1-3H3,(H,20,25)(H2,21,22,24,26)/t11-/m0/s1. The Morgan fingerprint density at radius 2 is 1.92 bits per heavy atom. The van der Waals surface area contributed by atoms with Crippen LogP contribution in [0.25, 0.3) is 5.69 Å². The predicted octanol–water partition coefficient (Wildman–Crippen LogP) is 1.36. The summed E-state index contributed by atoms with van der Waals surface area (Å²) in [6.07, 6.45) is 1.70. The molecule has 0 unspecified atom stereocenters. The second kappa shape index (κ2) is 6.83. The number of amides is 1. The lowest BCUT2D eigenvalue weighted by atomic mass is 10.1. The molecule has 0 aliphatic carbocycles. The Morgan fingerprint density at radius 3 is 2.62 bits per heavy atom. The molecule has 3 aromatic rings. The van der Waals surface area contributed by atoms with Crippen LogP contribution < -0.4 is 16.6 Å². The fraction of sp³-hybridized carbons (Fsp3) is 0.222. The quantitative estimate of drug-likeness (QED) is 0.657. The average molecular weight is 353 g/mol. The van der Waals surface area contributed by atoms with Gasteiger partial charge >= 0.3 is 5.69 Å². The molecule has 0 radical (unpaired) electrons. The van der Waals surface area contributed by atoms with Crippen LogP contribution in [0.2, 0.25) is 0 Å². The lowest BCUT2D eigenvalue weighted by Gasteiger charge is -2.14. The summed E-state index contributed by atoms with van der Waals surface area (Å²) in [6, 6.07) is 8.57. The van der Waals surface area contributed by atoms with Gasteiger partial charge in [0.1, 0.15) is 5.69 Å². The lowest BCUT2D eigenvalue weighted by molar-refractivity contribution is 0.0934. The van der Waals surface area contributed by atoms with Gasteiger partial charge in [0.2, 0.25) is 0 Å². The first-order chi connectivity index (χ1) is 12.4. The molecule has 8 nitrogen and oxygen atoms in total. The molecule has 0 aliphatic heterocycles. The van der Waals surface area contributed by atoms with Crippen molar-refractivity contribution in [3.63, 3.8) is 0 Å². The second-order valence-electron chi connectivity index (χ2n) is 6.08. The van der Waals surface area contributed by atoms with E-state index in [2.05, 4.69) is 15.4 Å². The first kappa shape index (κ1) is 17.4. The minimum absolute atomic E-state index is 0.0884. The molecular formula is C18H19N5O3. The summed E-state index contributed by atoms with van der Waals surface area (Å²) in [7, 11) is 0. The Morgan fingerprint density at radius 1 is 1.19 bits per heavy atom. The Bertz CT molecular complexity index is 1050. The molecule has 3 rings (SSSR count). The molecule has 0 aliphatic rings. The molecule has 2 heterocycles. The van der Waals surface area contributed by atoms with Crippen molar-refractivity contribution in [2.24, 2.45) is 0 Å². The molecule has 0 saturated heterocycles. The van der Waals surface area contributed by atoms with E-state index in [-0.39, 0.29) is 11.7 Å². The van der Waals surface area contributed by atoms with Crippen LogP contribution in [0.15, 0.2) is 46.1 Å². The van der Waals surface area contributed by atoms with Gasteiger partial charge in [-0.05, 0) is 32.4 Å². The molecule has 0 saturated carbocycles. The summed E-state index contributed by atoms with van der Waals surface area (Å²) < 4.78 is 1.82. The van der Waals surface area contributed by atoms with Crippen molar-refractivity contribution in [1.82, 2.24) is 25.1 Å². The van der Waals surface area contributed by atoms with Crippen LogP contribution in [-0.4, -0.2) is 25.7 Å². The molecule has 2 aromatic heterocycles. The smallest absolute Gasteiger partial charge is 0.326 e. The van der Waals surface area contributed by atoms with Crippen molar-refractivity contribution >= 4 is 5.91 Å². The van der Waals surface area contributed by atoms with Crippen molar-refractivity contribution in [3.8, 4) is 5.69 Å². The third-order valence-corrected chi connectivity index (χ3v) is 4.21. The lowest BCUT2D eigenvalue weighted by Crippen LogP contribution is -2.32. The number of rotatable bonds is 4. The van der Waals surface area contributed by atoms with Crippen molar-refractivity contribution in [1.29, 1.82) is 0 Å². The van der Waals surface area contributed by atoms with Crippen molar-refractivity contribution in [3.05, 3.63) is 79.9 Å². The van der Waals surface area contributed by atoms with E-state index >= 15 is 0 Å². The summed E-state index contributed by atoms with van der Waals surface area (Å²) in [5, 5.41) is 7.20. The van der Waals surface area contributed by atoms with E-state index in [1.165, 1.54) is 0 Å². The van der Waals surface area contributed by atoms with E-state index in [9.17, 15) is 14.4 Å². The van der Waals surface area contributed by atoms with Gasteiger partial charge in [0.25, 0.3) is 11.5 Å². The number of nitrogens with one attached hydrogen (secondary N) is 3. The largest absolute Gasteiger partial charge is 0.344 e. The minimum atomic E-state index is -0.723. The van der Waals surface area contributed by atoms with E-state index in [0.717, 1.165) is 28.6 Å². The fourth-order valence-corrected chi connectivity index (χ4v) is 2.83. The third-order valence-electron chi connectivity index (χ3n) is 4.21. The molecule has 1 amide bonds. The summed E-state index contributed by atoms with van der Waals surface area (Å²) in [4.78, 5) is 39.3. The highest BCUT2D eigenvalue weighted by Crippen LogP contribution is 2.22. The van der Waals surface area contributed by atoms with E-state index in [0.29, 0.717) is 0 Å². The highest BCUT2D eigenvalue weighted by molar-refractivity contribution is 5.92. The number of aromatic nitrogens is 4. The third kappa shape index (κ3) is 3.34. The van der Waals surface area contributed by atoms with Crippen LogP contribution in [0.3, 0.4) is 0 Å². The average Bonchev–Trinajstić information content (AvgIpc) is 2.96. The maximum Gasteiger partial charge on any atom is 0.326 e. The second-order valence-corrected chi connectivity index (χ2v) is 6.08. The van der Waals surface area contributed by atoms with Crippen LogP contribution >= 0.6 is 0 Å². The van der Waals surface area contributed by atoms with Gasteiger partial charge in [-0.2, -0.15) is 5.10 Å². The van der Waals surface area contributed by atoms with Gasteiger partial charge in [-0.25, -0.2) is 9.48 Å². The highest BCUT2D eigenvalue weighted by atomic mass is 16.2. The molecule has 0 fully saturated rings. The normalized spacial score (nSPS) is 12.0. The Kier molecular flexibility index (Phi) is 4.57. The molecule has 1 aromatic carbocycles. The number of hydrogen-bond donors (Lipinski definition) is 3. The molecule has 26 heavy (non-hydrogen) atoms. The number of para-hydroxylation sites is 1. The van der Waals surface area contributed by atoms with Crippen LogP contribution in [-0.2, 0) is 0 Å². The van der Waals surface area contributed by atoms with Crippen LogP contribution in [0.5, 0.6) is 0 Å². The number of hydrogen-bond acceptors (Lipinski definition) is 4. The van der Waals surface area contributed by atoms with Gasteiger partial charge in [-0.15, -0.1) is 0 Å². The number of nitrogens with zero attached hydrogens (tertiary/aromatic N) is 2. The number of aryl methyl sites for hydroxylation is 1. The molecule has 3 N–H and O–H groups in total. The zero-order valence-electron chi connectivity index (χ0n) is 14.7. The van der Waals surface area contributed by atoms with Crippen LogP contribution in [0.4, 0.5) is 0 Å². The highest BCUT2D eigenvalue weighted by Gasteiger charge is 2.18. The van der Waals surface area contributed by atoms with Gasteiger partial charge in [-0.3, -0.25) is 14.6 Å². The van der Waals surface area contributed by atoms with Gasteiger partial charge in [-0.1, -0.05) is 18.2 Å². The Hall–Kier alpha value is -3.42. The number of H-pyrrole nitrogens is 2. The number of aromatic amines is 2. The SMILES string of the molecule is Cc1ccccc1-n1ncc([C@H](C)NC(=O)c2cc(=O)[nH]c(=O)[nH]2)c1C. The van der Waals surface area contributed by atoms with Gasteiger partial charge in [0.15, 0.2) is 0 Å². The summed E-state index contributed by atoms with van der Waals surface area (Å²) in [5.41, 5.74) is 2.35. The molecule has 134 valence electrons. The summed E-state index contributed by atoms with van der Waals surface area (Å²) >= 11 is 0. The first-order valence-electron chi connectivity index (χ1n) is 8.12. The van der Waals surface area contributed by atoms with Crippen molar-refractivity contribution in [2.75, 3.05) is 0 Å². The van der Waals surface area contributed by atoms with Crippen molar-refractivity contribution < 1.29 is 4.79 Å². The van der Waals surface area contributed by atoms with Gasteiger partial charge in [0.05, 0.1) is 17.9 Å². The monoisotopic (exact) mass is 353 g/mol. The predicted molar refractivity (Wildman–Crippen MR) is 96.6 cm³/mol. The molecule has 0 bridgehead atoms. The van der Waals surface area contributed by atoms with E-state index in [1.807, 2.05) is 54.7 Å². The van der Waals surface area contributed by atoms with Gasteiger partial charge in [0, 0.05) is 17.3 Å². The maximum atomic E-state index is 12.3. The maximum absolute atomic E-state index is 12.3. The molecule has 1 atom stereocenters.